The van der Waals surface area contributed by atoms with Crippen molar-refractivity contribution in [1.82, 2.24) is 19.7 Å². The molecule has 2 aromatic heterocycles. The topological polar surface area (TPSA) is 69.5 Å². The molecule has 7 heteroatoms. The summed E-state index contributed by atoms with van der Waals surface area (Å²) in [5.74, 6) is 0. The summed E-state index contributed by atoms with van der Waals surface area (Å²) in [5, 5.41) is 5.44. The van der Waals surface area contributed by atoms with E-state index in [2.05, 4.69) is 53.6 Å². The molecule has 1 amide bonds. The number of fused-ring (bicyclic) bond motifs is 1. The van der Waals surface area contributed by atoms with E-state index in [0.29, 0.717) is 19.8 Å². The molecule has 0 unspecified atom stereocenters. The minimum Gasteiger partial charge on any atom is -0.444 e. The molecule has 0 radical (unpaired) electrons. The largest absolute Gasteiger partial charge is 0.444 e. The molecule has 0 aliphatic carbocycles. The van der Waals surface area contributed by atoms with Crippen molar-refractivity contribution in [2.45, 2.75) is 58.7 Å². The van der Waals surface area contributed by atoms with Gasteiger partial charge in [-0.05, 0) is 81.0 Å². The van der Waals surface area contributed by atoms with Gasteiger partial charge in [0.1, 0.15) is 5.60 Å². The van der Waals surface area contributed by atoms with E-state index in [4.69, 9.17) is 14.5 Å². The summed E-state index contributed by atoms with van der Waals surface area (Å²) in [6, 6.07) is 16.9. The van der Waals surface area contributed by atoms with Crippen molar-refractivity contribution in [3.05, 3.63) is 72.2 Å². The zero-order chi connectivity index (χ0) is 26.9. The maximum atomic E-state index is 13.3. The predicted molar refractivity (Wildman–Crippen MR) is 150 cm³/mol. The lowest BCUT2D eigenvalue weighted by molar-refractivity contribution is -0.00807. The van der Waals surface area contributed by atoms with Gasteiger partial charge in [-0.2, -0.15) is 5.10 Å². The van der Waals surface area contributed by atoms with E-state index in [9.17, 15) is 4.79 Å². The molecular formula is C31H36N4O3. The normalized spacial score (nSPS) is 14.6. The van der Waals surface area contributed by atoms with Gasteiger partial charge in [0, 0.05) is 55.7 Å². The van der Waals surface area contributed by atoms with E-state index in [-0.39, 0.29) is 12.1 Å². The molecular weight excluding hydrogens is 476 g/mol. The number of hydrogen-bond acceptors (Lipinski definition) is 5. The zero-order valence-electron chi connectivity index (χ0n) is 22.9. The van der Waals surface area contributed by atoms with Gasteiger partial charge in [-0.25, -0.2) is 4.79 Å². The fourth-order valence-corrected chi connectivity index (χ4v) is 5.11. The molecule has 5 rings (SSSR count). The summed E-state index contributed by atoms with van der Waals surface area (Å²) in [6.07, 6.45) is 5.25. The standard InChI is InChI=1S/C31H36N4O3/c1-21-16-27(26-9-7-6-8-25(26)23-18-32-34(5)20-23)28-17-22(10-11-29(28)33-21)19-35(24-12-14-37-15-13-24)30(36)38-31(2,3)4/h6-11,16-18,20,24H,12-15,19H2,1-5H3. The van der Waals surface area contributed by atoms with Gasteiger partial charge in [-0.3, -0.25) is 9.67 Å². The van der Waals surface area contributed by atoms with Crippen LogP contribution in [0.5, 0.6) is 0 Å². The number of ether oxygens (including phenoxy) is 2. The van der Waals surface area contributed by atoms with Crippen molar-refractivity contribution < 1.29 is 14.3 Å². The average Bonchev–Trinajstić information content (AvgIpc) is 3.32. The molecule has 1 fully saturated rings. The van der Waals surface area contributed by atoms with Crippen LogP contribution in [0.2, 0.25) is 0 Å². The Bertz CT molecular complexity index is 1450. The lowest BCUT2D eigenvalue weighted by Crippen LogP contribution is -2.45. The van der Waals surface area contributed by atoms with Crippen LogP contribution in [0.1, 0.15) is 44.9 Å². The van der Waals surface area contributed by atoms with Gasteiger partial charge in [0.2, 0.25) is 0 Å². The molecule has 1 saturated heterocycles. The van der Waals surface area contributed by atoms with Crippen LogP contribution in [-0.2, 0) is 23.1 Å². The third kappa shape index (κ3) is 5.73. The number of amides is 1. The first-order valence-corrected chi connectivity index (χ1v) is 13.2. The molecule has 1 aliphatic heterocycles. The lowest BCUT2D eigenvalue weighted by atomic mass is 9.92. The molecule has 1 aliphatic rings. The number of rotatable bonds is 5. The molecule has 0 bridgehead atoms. The summed E-state index contributed by atoms with van der Waals surface area (Å²) in [5.41, 5.74) is 6.80. The summed E-state index contributed by atoms with van der Waals surface area (Å²) < 4.78 is 13.2. The minimum absolute atomic E-state index is 0.0798. The Labute approximate surface area is 224 Å². The van der Waals surface area contributed by atoms with Crippen molar-refractivity contribution >= 4 is 17.0 Å². The van der Waals surface area contributed by atoms with E-state index < -0.39 is 5.60 Å². The highest BCUT2D eigenvalue weighted by molar-refractivity contribution is 5.99. The van der Waals surface area contributed by atoms with Crippen LogP contribution < -0.4 is 0 Å². The SMILES string of the molecule is Cc1cc(-c2ccccc2-c2cnn(C)c2)c2cc(CN(C(=O)OC(C)(C)C)C3CCOCC3)ccc2n1. The van der Waals surface area contributed by atoms with Crippen LogP contribution in [0.15, 0.2) is 60.9 Å². The third-order valence-corrected chi connectivity index (χ3v) is 6.85. The third-order valence-electron chi connectivity index (χ3n) is 6.85. The number of pyridine rings is 1. The summed E-state index contributed by atoms with van der Waals surface area (Å²) >= 11 is 0. The van der Waals surface area contributed by atoms with Gasteiger partial charge in [0.05, 0.1) is 11.7 Å². The predicted octanol–water partition coefficient (Wildman–Crippen LogP) is 6.53. The fourth-order valence-electron chi connectivity index (χ4n) is 5.11. The maximum Gasteiger partial charge on any atom is 0.410 e. The average molecular weight is 513 g/mol. The number of aromatic nitrogens is 3. The van der Waals surface area contributed by atoms with Gasteiger partial charge in [-0.1, -0.05) is 30.3 Å². The summed E-state index contributed by atoms with van der Waals surface area (Å²) in [4.78, 5) is 20.0. The van der Waals surface area contributed by atoms with Crippen LogP contribution in [0.3, 0.4) is 0 Å². The molecule has 3 heterocycles. The first kappa shape index (κ1) is 25.9. The van der Waals surface area contributed by atoms with E-state index in [1.165, 1.54) is 0 Å². The molecule has 0 atom stereocenters. The highest BCUT2D eigenvalue weighted by Crippen LogP contribution is 2.36. The number of carbonyl (C=O) groups is 1. The Morgan fingerprint density at radius 3 is 2.50 bits per heavy atom. The van der Waals surface area contributed by atoms with Crippen LogP contribution in [0.4, 0.5) is 4.79 Å². The van der Waals surface area contributed by atoms with Gasteiger partial charge >= 0.3 is 6.09 Å². The van der Waals surface area contributed by atoms with Gasteiger partial charge in [0.15, 0.2) is 0 Å². The smallest absolute Gasteiger partial charge is 0.410 e. The first-order valence-electron chi connectivity index (χ1n) is 13.2. The lowest BCUT2D eigenvalue weighted by Gasteiger charge is -2.35. The molecule has 7 nitrogen and oxygen atoms in total. The second-order valence-electron chi connectivity index (χ2n) is 11.1. The van der Waals surface area contributed by atoms with Gasteiger partial charge in [-0.15, -0.1) is 0 Å². The van der Waals surface area contributed by atoms with Crippen LogP contribution >= 0.6 is 0 Å². The maximum absolute atomic E-state index is 13.3. The van der Waals surface area contributed by atoms with E-state index in [1.54, 1.807) is 0 Å². The second kappa shape index (κ2) is 10.6. The van der Waals surface area contributed by atoms with Crippen LogP contribution in [0.25, 0.3) is 33.2 Å². The van der Waals surface area contributed by atoms with E-state index >= 15 is 0 Å². The summed E-state index contributed by atoms with van der Waals surface area (Å²) in [6.45, 7) is 9.52. The minimum atomic E-state index is -0.561. The number of benzene rings is 2. The Balaban J connectivity index is 1.57. The van der Waals surface area contributed by atoms with Crippen molar-refractivity contribution in [3.8, 4) is 22.3 Å². The zero-order valence-corrected chi connectivity index (χ0v) is 22.9. The van der Waals surface area contributed by atoms with Crippen LogP contribution in [0, 0.1) is 6.92 Å². The molecule has 0 spiro atoms. The first-order chi connectivity index (χ1) is 18.2. The Kier molecular flexibility index (Phi) is 7.21. The Hall–Kier alpha value is -3.71. The highest BCUT2D eigenvalue weighted by Gasteiger charge is 2.30. The number of hydrogen-bond donors (Lipinski definition) is 0. The number of aryl methyl sites for hydroxylation is 2. The molecule has 2 aromatic carbocycles. The number of nitrogens with zero attached hydrogens (tertiary/aromatic N) is 4. The molecule has 4 aromatic rings. The fraction of sp³-hybridized carbons (Fsp3) is 0.387. The second-order valence-corrected chi connectivity index (χ2v) is 11.1. The van der Waals surface area contributed by atoms with Crippen molar-refractivity contribution in [1.29, 1.82) is 0 Å². The van der Waals surface area contributed by atoms with Crippen molar-refractivity contribution in [2.75, 3.05) is 13.2 Å². The van der Waals surface area contributed by atoms with Crippen LogP contribution in [-0.4, -0.2) is 50.6 Å². The van der Waals surface area contributed by atoms with Gasteiger partial charge < -0.3 is 14.4 Å². The Morgan fingerprint density at radius 2 is 1.82 bits per heavy atom. The van der Waals surface area contributed by atoms with Gasteiger partial charge in [0.25, 0.3) is 0 Å². The van der Waals surface area contributed by atoms with E-state index in [1.807, 2.05) is 56.7 Å². The Morgan fingerprint density at radius 1 is 1.08 bits per heavy atom. The van der Waals surface area contributed by atoms with E-state index in [0.717, 1.165) is 57.3 Å². The van der Waals surface area contributed by atoms with Crippen molar-refractivity contribution in [3.63, 3.8) is 0 Å². The monoisotopic (exact) mass is 512 g/mol. The molecule has 0 N–H and O–H groups in total. The summed E-state index contributed by atoms with van der Waals surface area (Å²) in [7, 11) is 1.93. The quantitative estimate of drug-likeness (QED) is 0.304. The molecule has 198 valence electrons. The highest BCUT2D eigenvalue weighted by atomic mass is 16.6. The molecule has 0 saturated carbocycles. The van der Waals surface area contributed by atoms with Crippen molar-refractivity contribution in [2.24, 2.45) is 7.05 Å². The molecule has 38 heavy (non-hydrogen) atoms. The number of carbonyl (C=O) groups excluding carboxylic acids is 1.